The Labute approximate surface area is 128 Å². The van der Waals surface area contributed by atoms with Gasteiger partial charge in [0.05, 0.1) is 5.56 Å². The van der Waals surface area contributed by atoms with Gasteiger partial charge in [-0.3, -0.25) is 4.79 Å². The molecule has 1 saturated heterocycles. The largest absolute Gasteiger partial charge is 0.336 e. The number of thioether (sulfide) groups is 1. The van der Waals surface area contributed by atoms with E-state index in [0.717, 1.165) is 41.6 Å². The number of rotatable bonds is 4. The van der Waals surface area contributed by atoms with Gasteiger partial charge in [-0.25, -0.2) is 0 Å². The van der Waals surface area contributed by atoms with Crippen LogP contribution in [0.5, 0.6) is 0 Å². The van der Waals surface area contributed by atoms with Gasteiger partial charge in [-0.05, 0) is 44.1 Å². The number of alkyl halides is 1. The fraction of sp³-hybridized carbons (Fsp3) is 0.533. The van der Waals surface area contributed by atoms with E-state index < -0.39 is 0 Å². The molecule has 2 rings (SSSR count). The maximum atomic E-state index is 12.8. The van der Waals surface area contributed by atoms with Gasteiger partial charge in [0.1, 0.15) is 0 Å². The summed E-state index contributed by atoms with van der Waals surface area (Å²) in [5.41, 5.74) is 0.858. The second kappa shape index (κ2) is 7.34. The van der Waals surface area contributed by atoms with E-state index in [9.17, 15) is 4.79 Å². The number of piperidine rings is 1. The molecule has 0 spiro atoms. The Kier molecular flexibility index (Phi) is 5.76. The van der Waals surface area contributed by atoms with Crippen molar-refractivity contribution in [2.75, 3.05) is 18.1 Å². The minimum Gasteiger partial charge on any atom is -0.336 e. The zero-order valence-corrected chi connectivity index (χ0v) is 13.7. The van der Waals surface area contributed by atoms with Crippen molar-refractivity contribution in [3.05, 3.63) is 29.8 Å². The summed E-state index contributed by atoms with van der Waals surface area (Å²) in [6.07, 6.45) is 6.59. The van der Waals surface area contributed by atoms with Crippen LogP contribution in [0.25, 0.3) is 0 Å². The third kappa shape index (κ3) is 3.54. The van der Waals surface area contributed by atoms with Gasteiger partial charge in [0, 0.05) is 22.8 Å². The van der Waals surface area contributed by atoms with Crippen molar-refractivity contribution in [3.63, 3.8) is 0 Å². The summed E-state index contributed by atoms with van der Waals surface area (Å²) in [6.45, 7) is 0.902. The van der Waals surface area contributed by atoms with E-state index in [1.165, 1.54) is 6.42 Å². The molecule has 1 atom stereocenters. The Balaban J connectivity index is 2.21. The van der Waals surface area contributed by atoms with Gasteiger partial charge >= 0.3 is 0 Å². The van der Waals surface area contributed by atoms with Gasteiger partial charge < -0.3 is 4.90 Å². The molecule has 0 aromatic heterocycles. The van der Waals surface area contributed by atoms with Gasteiger partial charge in [0.15, 0.2) is 0 Å². The summed E-state index contributed by atoms with van der Waals surface area (Å²) in [5.74, 6) is 0.204. The highest BCUT2D eigenvalue weighted by Crippen LogP contribution is 2.26. The van der Waals surface area contributed by atoms with Crippen molar-refractivity contribution < 1.29 is 4.79 Å². The maximum absolute atomic E-state index is 12.8. The van der Waals surface area contributed by atoms with Crippen LogP contribution in [0.1, 0.15) is 36.0 Å². The van der Waals surface area contributed by atoms with Gasteiger partial charge in [-0.2, -0.15) is 0 Å². The van der Waals surface area contributed by atoms with Crippen LogP contribution >= 0.6 is 27.7 Å². The van der Waals surface area contributed by atoms with Crippen molar-refractivity contribution in [1.82, 2.24) is 4.90 Å². The molecule has 1 unspecified atom stereocenters. The van der Waals surface area contributed by atoms with E-state index in [1.807, 2.05) is 30.5 Å². The van der Waals surface area contributed by atoms with Crippen LogP contribution in [0, 0.1) is 0 Å². The molecule has 1 aromatic carbocycles. The summed E-state index contributed by atoms with van der Waals surface area (Å²) in [7, 11) is 0. The standard InChI is InChI=1S/C15H20BrNOS/c1-19-14-8-3-2-7-13(14)15(18)17-11-5-4-6-12(17)9-10-16/h2-3,7-8,12H,4-6,9-11H2,1H3. The Bertz CT molecular complexity index is 436. The van der Waals surface area contributed by atoms with Crippen molar-refractivity contribution in [3.8, 4) is 0 Å². The van der Waals surface area contributed by atoms with Crippen LogP contribution < -0.4 is 0 Å². The normalized spacial score (nSPS) is 19.5. The molecule has 4 heteroatoms. The number of carbonyl (C=O) groups is 1. The topological polar surface area (TPSA) is 20.3 Å². The minimum atomic E-state index is 0.204. The molecule has 104 valence electrons. The first-order chi connectivity index (χ1) is 9.27. The fourth-order valence-electron chi connectivity index (χ4n) is 2.67. The molecule has 1 heterocycles. The number of hydrogen-bond acceptors (Lipinski definition) is 2. The predicted molar refractivity (Wildman–Crippen MR) is 85.3 cm³/mol. The molecule has 0 saturated carbocycles. The summed E-state index contributed by atoms with van der Waals surface area (Å²) < 4.78 is 0. The molecule has 0 aliphatic carbocycles. The minimum absolute atomic E-state index is 0.204. The molecule has 1 amide bonds. The van der Waals surface area contributed by atoms with E-state index in [1.54, 1.807) is 11.8 Å². The van der Waals surface area contributed by atoms with E-state index >= 15 is 0 Å². The third-order valence-electron chi connectivity index (χ3n) is 3.67. The number of nitrogens with zero attached hydrogens (tertiary/aromatic N) is 1. The summed E-state index contributed by atoms with van der Waals surface area (Å²) in [4.78, 5) is 15.9. The molecule has 1 fully saturated rings. The quantitative estimate of drug-likeness (QED) is 0.604. The number of likely N-dealkylation sites (tertiary alicyclic amines) is 1. The maximum Gasteiger partial charge on any atom is 0.255 e. The highest BCUT2D eigenvalue weighted by Gasteiger charge is 2.27. The molecule has 1 aliphatic heterocycles. The lowest BCUT2D eigenvalue weighted by atomic mass is 9.99. The summed E-state index contributed by atoms with van der Waals surface area (Å²) >= 11 is 5.15. The van der Waals surface area contributed by atoms with Gasteiger partial charge in [0.25, 0.3) is 5.91 Å². The van der Waals surface area contributed by atoms with Crippen LogP contribution in [0.4, 0.5) is 0 Å². The molecule has 0 N–H and O–H groups in total. The lowest BCUT2D eigenvalue weighted by molar-refractivity contribution is 0.0606. The van der Waals surface area contributed by atoms with E-state index in [0.29, 0.717) is 6.04 Å². The number of benzene rings is 1. The Hall–Kier alpha value is -0.480. The second-order valence-corrected chi connectivity index (χ2v) is 6.47. The van der Waals surface area contributed by atoms with Crippen LogP contribution in [-0.4, -0.2) is 35.0 Å². The molecular weight excluding hydrogens is 322 g/mol. The fourth-order valence-corrected chi connectivity index (χ4v) is 3.79. The highest BCUT2D eigenvalue weighted by molar-refractivity contribution is 9.09. The highest BCUT2D eigenvalue weighted by atomic mass is 79.9. The second-order valence-electron chi connectivity index (χ2n) is 4.83. The predicted octanol–water partition coefficient (Wildman–Crippen LogP) is 4.19. The van der Waals surface area contributed by atoms with Crippen molar-refractivity contribution in [2.45, 2.75) is 36.6 Å². The zero-order chi connectivity index (χ0) is 13.7. The van der Waals surface area contributed by atoms with E-state index in [-0.39, 0.29) is 5.91 Å². The Morgan fingerprint density at radius 2 is 2.21 bits per heavy atom. The lowest BCUT2D eigenvalue weighted by Gasteiger charge is -2.36. The Morgan fingerprint density at radius 3 is 2.95 bits per heavy atom. The van der Waals surface area contributed by atoms with Gasteiger partial charge in [-0.15, -0.1) is 11.8 Å². The van der Waals surface area contributed by atoms with Crippen LogP contribution in [-0.2, 0) is 0 Å². The lowest BCUT2D eigenvalue weighted by Crippen LogP contribution is -2.44. The molecule has 19 heavy (non-hydrogen) atoms. The smallest absolute Gasteiger partial charge is 0.255 e. The number of hydrogen-bond donors (Lipinski definition) is 0. The van der Waals surface area contributed by atoms with Crippen molar-refractivity contribution >= 4 is 33.6 Å². The third-order valence-corrected chi connectivity index (χ3v) is 4.92. The SMILES string of the molecule is CSc1ccccc1C(=O)N1CCCCC1CCBr. The molecule has 0 radical (unpaired) electrons. The molecule has 0 bridgehead atoms. The van der Waals surface area contributed by atoms with Crippen LogP contribution in [0.3, 0.4) is 0 Å². The Morgan fingerprint density at radius 1 is 1.42 bits per heavy atom. The number of halogens is 1. The molecule has 1 aromatic rings. The number of amides is 1. The van der Waals surface area contributed by atoms with E-state index in [2.05, 4.69) is 20.8 Å². The van der Waals surface area contributed by atoms with Crippen molar-refractivity contribution in [2.24, 2.45) is 0 Å². The summed E-state index contributed by atoms with van der Waals surface area (Å²) in [5, 5.41) is 0.964. The van der Waals surface area contributed by atoms with Crippen LogP contribution in [0.2, 0.25) is 0 Å². The average Bonchev–Trinajstić information content (AvgIpc) is 2.47. The molecule has 2 nitrogen and oxygen atoms in total. The first-order valence-electron chi connectivity index (χ1n) is 6.78. The monoisotopic (exact) mass is 341 g/mol. The first-order valence-corrected chi connectivity index (χ1v) is 9.12. The van der Waals surface area contributed by atoms with Gasteiger partial charge in [0.2, 0.25) is 0 Å². The zero-order valence-electron chi connectivity index (χ0n) is 11.3. The first kappa shape index (κ1) is 14.9. The van der Waals surface area contributed by atoms with Gasteiger partial charge in [-0.1, -0.05) is 28.1 Å². The average molecular weight is 342 g/mol. The van der Waals surface area contributed by atoms with E-state index in [4.69, 9.17) is 0 Å². The summed E-state index contributed by atoms with van der Waals surface area (Å²) in [6, 6.07) is 8.33. The molecular formula is C15H20BrNOS. The van der Waals surface area contributed by atoms with Crippen LogP contribution in [0.15, 0.2) is 29.2 Å². The number of carbonyl (C=O) groups excluding carboxylic acids is 1. The molecule has 1 aliphatic rings. The van der Waals surface area contributed by atoms with Crippen molar-refractivity contribution in [1.29, 1.82) is 0 Å².